The molecule has 0 amide bonds. The lowest BCUT2D eigenvalue weighted by Crippen LogP contribution is -2.32. The molecule has 0 bridgehead atoms. The van der Waals surface area contributed by atoms with E-state index >= 15 is 0 Å². The van der Waals surface area contributed by atoms with Crippen LogP contribution in [0, 0.1) is 5.82 Å². The second-order valence-electron chi connectivity index (χ2n) is 3.87. The number of nitrogens with zero attached hydrogens (tertiary/aromatic N) is 1. The van der Waals surface area contributed by atoms with Gasteiger partial charge in [-0.05, 0) is 18.2 Å². The Morgan fingerprint density at radius 2 is 2.16 bits per heavy atom. The minimum atomic E-state index is -1.01. The van der Waals surface area contributed by atoms with Gasteiger partial charge in [0.1, 0.15) is 0 Å². The quantitative estimate of drug-likeness (QED) is 0.892. The van der Waals surface area contributed by atoms with Gasteiger partial charge < -0.3 is 5.32 Å². The van der Waals surface area contributed by atoms with Gasteiger partial charge in [-0.25, -0.2) is 4.79 Å². The molecule has 1 aromatic carbocycles. The maximum atomic E-state index is 13.0. The average molecular weight is 284 g/mol. The molecule has 1 aromatic heterocycles. The standard InChI is InChI=1S/C12H11ClFN3O2/c13-8-2-1-3-9(6-8)15-4-5-17-7-10(14)11(18)16-12(17)19/h1-3,6-7,15H,4-5H2,(H,16,18,19). The molecular formula is C12H11ClFN3O2. The molecule has 0 saturated carbocycles. The fraction of sp³-hybridized carbons (Fsp3) is 0.167. The highest BCUT2D eigenvalue weighted by Gasteiger charge is 2.03. The maximum absolute atomic E-state index is 13.0. The van der Waals surface area contributed by atoms with Crippen LogP contribution in [0.15, 0.2) is 40.1 Å². The normalized spacial score (nSPS) is 10.4. The van der Waals surface area contributed by atoms with Crippen molar-refractivity contribution in [2.75, 3.05) is 11.9 Å². The summed E-state index contributed by atoms with van der Waals surface area (Å²) in [6.45, 7) is 0.616. The van der Waals surface area contributed by atoms with Crippen LogP contribution in [0.25, 0.3) is 0 Å². The number of hydrogen-bond acceptors (Lipinski definition) is 3. The van der Waals surface area contributed by atoms with E-state index in [-0.39, 0.29) is 6.54 Å². The third kappa shape index (κ3) is 3.45. The summed E-state index contributed by atoms with van der Waals surface area (Å²) < 4.78 is 14.1. The minimum absolute atomic E-state index is 0.221. The Morgan fingerprint density at radius 1 is 1.37 bits per heavy atom. The zero-order valence-electron chi connectivity index (χ0n) is 9.82. The molecule has 2 N–H and O–H groups in total. The number of H-pyrrole nitrogens is 1. The number of hydrogen-bond donors (Lipinski definition) is 2. The van der Waals surface area contributed by atoms with E-state index in [1.807, 2.05) is 11.1 Å². The number of aromatic amines is 1. The third-order valence-corrected chi connectivity index (χ3v) is 2.71. The summed E-state index contributed by atoms with van der Waals surface area (Å²) in [6, 6.07) is 7.09. The number of benzene rings is 1. The first kappa shape index (κ1) is 13.4. The van der Waals surface area contributed by atoms with Crippen molar-refractivity contribution < 1.29 is 4.39 Å². The maximum Gasteiger partial charge on any atom is 0.328 e. The van der Waals surface area contributed by atoms with Gasteiger partial charge in [0.15, 0.2) is 0 Å². The van der Waals surface area contributed by atoms with Crippen molar-refractivity contribution in [2.24, 2.45) is 0 Å². The summed E-state index contributed by atoms with van der Waals surface area (Å²) in [5.41, 5.74) is -0.853. The first-order valence-electron chi connectivity index (χ1n) is 5.55. The summed E-state index contributed by atoms with van der Waals surface area (Å²) in [6.07, 6.45) is 0.890. The molecular weight excluding hydrogens is 273 g/mol. The SMILES string of the molecule is O=c1[nH]c(=O)n(CCNc2cccc(Cl)c2)cc1F. The Bertz CT molecular complexity index is 696. The second kappa shape index (κ2) is 5.71. The number of anilines is 1. The van der Waals surface area contributed by atoms with Crippen LogP contribution >= 0.6 is 11.6 Å². The van der Waals surface area contributed by atoms with E-state index in [1.54, 1.807) is 18.2 Å². The largest absolute Gasteiger partial charge is 0.383 e. The van der Waals surface area contributed by atoms with Gasteiger partial charge in [0.05, 0.1) is 6.20 Å². The van der Waals surface area contributed by atoms with Crippen LogP contribution in [0.2, 0.25) is 5.02 Å². The molecule has 2 aromatic rings. The van der Waals surface area contributed by atoms with Crippen molar-refractivity contribution in [3.05, 3.63) is 62.1 Å². The van der Waals surface area contributed by atoms with E-state index in [2.05, 4.69) is 5.32 Å². The Hall–Kier alpha value is -2.08. The number of halogens is 2. The summed E-state index contributed by atoms with van der Waals surface area (Å²) in [5.74, 6) is -0.984. The Morgan fingerprint density at radius 3 is 2.89 bits per heavy atom. The molecule has 2 rings (SSSR count). The molecule has 100 valence electrons. The number of nitrogens with one attached hydrogen (secondary N) is 2. The summed E-state index contributed by atoms with van der Waals surface area (Å²) in [4.78, 5) is 24.1. The van der Waals surface area contributed by atoms with Crippen LogP contribution in [-0.2, 0) is 6.54 Å². The van der Waals surface area contributed by atoms with Gasteiger partial charge in [-0.3, -0.25) is 14.3 Å². The Labute approximate surface area is 112 Å². The van der Waals surface area contributed by atoms with Crippen LogP contribution in [0.4, 0.5) is 10.1 Å². The van der Waals surface area contributed by atoms with Crippen molar-refractivity contribution >= 4 is 17.3 Å². The lowest BCUT2D eigenvalue weighted by Gasteiger charge is -2.08. The highest BCUT2D eigenvalue weighted by molar-refractivity contribution is 6.30. The molecule has 7 heteroatoms. The molecule has 0 aliphatic heterocycles. The van der Waals surface area contributed by atoms with E-state index in [4.69, 9.17) is 11.6 Å². The van der Waals surface area contributed by atoms with Gasteiger partial charge in [-0.2, -0.15) is 4.39 Å². The molecule has 0 atom stereocenters. The molecule has 1 heterocycles. The second-order valence-corrected chi connectivity index (χ2v) is 4.30. The van der Waals surface area contributed by atoms with Gasteiger partial charge in [0.2, 0.25) is 5.82 Å². The van der Waals surface area contributed by atoms with Crippen molar-refractivity contribution in [1.82, 2.24) is 9.55 Å². The van der Waals surface area contributed by atoms with Gasteiger partial charge >= 0.3 is 5.69 Å². The van der Waals surface area contributed by atoms with Crippen molar-refractivity contribution in [2.45, 2.75) is 6.54 Å². The molecule has 19 heavy (non-hydrogen) atoms. The Kier molecular flexibility index (Phi) is 4.01. The zero-order valence-corrected chi connectivity index (χ0v) is 10.6. The van der Waals surface area contributed by atoms with Crippen LogP contribution in [0.1, 0.15) is 0 Å². The van der Waals surface area contributed by atoms with E-state index in [0.717, 1.165) is 16.5 Å². The molecule has 0 aliphatic carbocycles. The third-order valence-electron chi connectivity index (χ3n) is 2.47. The monoisotopic (exact) mass is 283 g/mol. The molecule has 0 fully saturated rings. The van der Waals surface area contributed by atoms with E-state index in [9.17, 15) is 14.0 Å². The van der Waals surface area contributed by atoms with Crippen LogP contribution in [0.5, 0.6) is 0 Å². The van der Waals surface area contributed by atoms with Gasteiger partial charge in [0.25, 0.3) is 5.56 Å². The van der Waals surface area contributed by atoms with Crippen LogP contribution in [0.3, 0.4) is 0 Å². The smallest absolute Gasteiger partial charge is 0.328 e. The zero-order chi connectivity index (χ0) is 13.8. The highest BCUT2D eigenvalue weighted by atomic mass is 35.5. The predicted octanol–water partition coefficient (Wildman–Crippen LogP) is 1.44. The van der Waals surface area contributed by atoms with Gasteiger partial charge in [0, 0.05) is 23.8 Å². The molecule has 0 radical (unpaired) electrons. The molecule has 5 nitrogen and oxygen atoms in total. The lowest BCUT2D eigenvalue weighted by molar-refractivity contribution is 0.556. The number of rotatable bonds is 4. The van der Waals surface area contributed by atoms with Crippen molar-refractivity contribution in [3.8, 4) is 0 Å². The topological polar surface area (TPSA) is 66.9 Å². The van der Waals surface area contributed by atoms with Crippen LogP contribution < -0.4 is 16.6 Å². The molecule has 0 aliphatic rings. The van der Waals surface area contributed by atoms with E-state index < -0.39 is 17.1 Å². The highest BCUT2D eigenvalue weighted by Crippen LogP contribution is 2.14. The fourth-order valence-electron chi connectivity index (χ4n) is 1.57. The first-order valence-corrected chi connectivity index (χ1v) is 5.93. The molecule has 0 unspecified atom stereocenters. The summed E-state index contributed by atoms with van der Waals surface area (Å²) in [7, 11) is 0. The molecule has 0 spiro atoms. The van der Waals surface area contributed by atoms with Crippen molar-refractivity contribution in [1.29, 1.82) is 0 Å². The Balaban J connectivity index is 2.02. The van der Waals surface area contributed by atoms with Crippen LogP contribution in [-0.4, -0.2) is 16.1 Å². The van der Waals surface area contributed by atoms with E-state index in [1.165, 1.54) is 0 Å². The summed E-state index contributed by atoms with van der Waals surface area (Å²) in [5, 5.41) is 3.63. The average Bonchev–Trinajstić information content (AvgIpc) is 2.35. The fourth-order valence-corrected chi connectivity index (χ4v) is 1.76. The van der Waals surface area contributed by atoms with Gasteiger partial charge in [-0.1, -0.05) is 17.7 Å². The molecule has 0 saturated heterocycles. The van der Waals surface area contributed by atoms with Gasteiger partial charge in [-0.15, -0.1) is 0 Å². The first-order chi connectivity index (χ1) is 9.06. The number of aromatic nitrogens is 2. The summed E-state index contributed by atoms with van der Waals surface area (Å²) >= 11 is 5.82. The van der Waals surface area contributed by atoms with E-state index in [0.29, 0.717) is 11.6 Å². The minimum Gasteiger partial charge on any atom is -0.383 e. The lowest BCUT2D eigenvalue weighted by atomic mass is 10.3. The van der Waals surface area contributed by atoms with Crippen molar-refractivity contribution in [3.63, 3.8) is 0 Å². The predicted molar refractivity (Wildman–Crippen MR) is 71.2 cm³/mol.